The Bertz CT molecular complexity index is 1770. The van der Waals surface area contributed by atoms with Gasteiger partial charge in [-0.1, -0.05) is 91.0 Å². The normalized spacial score (nSPS) is 11.7. The summed E-state index contributed by atoms with van der Waals surface area (Å²) in [6, 6.07) is 37.7. The molecule has 35 heavy (non-hydrogen) atoms. The number of aryl methyl sites for hydroxylation is 2. The molecule has 2 heteroatoms. The summed E-state index contributed by atoms with van der Waals surface area (Å²) in [6.45, 7) is 2.21. The molecule has 0 N–H and O–H groups in total. The average molecular weight is 467 g/mol. The molecule has 0 saturated heterocycles. The Morgan fingerprint density at radius 3 is 1.66 bits per heavy atom. The third-order valence-electron chi connectivity index (χ3n) is 7.25. The zero-order valence-electron chi connectivity index (χ0n) is 19.7. The zero-order valence-corrected chi connectivity index (χ0v) is 20.6. The van der Waals surface area contributed by atoms with E-state index >= 15 is 0 Å². The summed E-state index contributed by atoms with van der Waals surface area (Å²) in [4.78, 5) is 1.35. The molecule has 0 atom stereocenters. The molecule has 1 aliphatic rings. The number of rotatable bonds is 1. The quantitative estimate of drug-likeness (QED) is 0.213. The van der Waals surface area contributed by atoms with Crippen molar-refractivity contribution in [1.29, 1.82) is 0 Å². The van der Waals surface area contributed by atoms with Gasteiger partial charge in [0, 0.05) is 27.5 Å². The van der Waals surface area contributed by atoms with E-state index in [0.29, 0.717) is 0 Å². The zero-order chi connectivity index (χ0) is 23.5. The topological polar surface area (TPSA) is 3.88 Å². The van der Waals surface area contributed by atoms with E-state index in [2.05, 4.69) is 128 Å². The molecule has 0 amide bonds. The van der Waals surface area contributed by atoms with Crippen LogP contribution in [0.15, 0.2) is 109 Å². The molecule has 0 aliphatic heterocycles. The molecule has 0 bridgehead atoms. The fourth-order valence-corrected chi connectivity index (χ4v) is 7.06. The molecule has 7 rings (SSSR count). The van der Waals surface area contributed by atoms with Crippen molar-refractivity contribution in [3.8, 4) is 55.1 Å². The van der Waals surface area contributed by atoms with Crippen LogP contribution in [0, 0.1) is 6.92 Å². The van der Waals surface area contributed by atoms with Gasteiger partial charge in [0.2, 0.25) is 5.69 Å². The van der Waals surface area contributed by atoms with Crippen molar-refractivity contribution < 1.29 is 4.57 Å². The van der Waals surface area contributed by atoms with Crippen LogP contribution in [-0.4, -0.2) is 0 Å². The summed E-state index contributed by atoms with van der Waals surface area (Å²) in [5.41, 5.74) is 13.0. The van der Waals surface area contributed by atoms with Crippen molar-refractivity contribution >= 4 is 21.4 Å². The van der Waals surface area contributed by atoms with Crippen LogP contribution in [-0.2, 0) is 7.05 Å². The van der Waals surface area contributed by atoms with Crippen molar-refractivity contribution in [3.05, 3.63) is 115 Å². The van der Waals surface area contributed by atoms with Gasteiger partial charge in [-0.15, -0.1) is 11.3 Å². The van der Waals surface area contributed by atoms with E-state index in [9.17, 15) is 0 Å². The Morgan fingerprint density at radius 2 is 1.03 bits per heavy atom. The van der Waals surface area contributed by atoms with Crippen molar-refractivity contribution in [2.45, 2.75) is 6.92 Å². The van der Waals surface area contributed by atoms with Crippen LogP contribution >= 0.6 is 11.3 Å². The van der Waals surface area contributed by atoms with Gasteiger partial charge in [0.25, 0.3) is 0 Å². The Labute approximate surface area is 209 Å². The minimum atomic E-state index is 1.28. The van der Waals surface area contributed by atoms with Gasteiger partial charge in [-0.25, -0.2) is 0 Å². The van der Waals surface area contributed by atoms with Crippen molar-refractivity contribution in [1.82, 2.24) is 0 Å². The van der Waals surface area contributed by atoms with E-state index in [1.54, 1.807) is 0 Å². The predicted molar refractivity (Wildman–Crippen MR) is 148 cm³/mol. The van der Waals surface area contributed by atoms with Crippen molar-refractivity contribution in [2.75, 3.05) is 0 Å². The summed E-state index contributed by atoms with van der Waals surface area (Å²) in [6.07, 6.45) is 2.22. The van der Waals surface area contributed by atoms with Gasteiger partial charge in [0.15, 0.2) is 6.20 Å². The first kappa shape index (κ1) is 20.4. The minimum Gasteiger partial charge on any atom is -0.200 e. The van der Waals surface area contributed by atoms with E-state index in [0.717, 1.165) is 0 Å². The van der Waals surface area contributed by atoms with Crippen LogP contribution in [0.1, 0.15) is 5.56 Å². The molecule has 0 unspecified atom stereocenters. The molecule has 0 spiro atoms. The molecule has 2 aromatic heterocycles. The molecule has 0 saturated carbocycles. The first-order chi connectivity index (χ1) is 17.2. The van der Waals surface area contributed by atoms with Gasteiger partial charge < -0.3 is 0 Å². The molecule has 6 aromatic rings. The second kappa shape index (κ2) is 7.76. The van der Waals surface area contributed by atoms with Gasteiger partial charge >= 0.3 is 0 Å². The number of fused-ring (bicyclic) bond motifs is 10. The van der Waals surface area contributed by atoms with Crippen LogP contribution < -0.4 is 4.57 Å². The molecule has 166 valence electrons. The molecular formula is C33H24NS+. The van der Waals surface area contributed by atoms with Crippen LogP contribution in [0.25, 0.3) is 65.2 Å². The third kappa shape index (κ3) is 2.97. The molecule has 4 aromatic carbocycles. The number of hydrogen-bond acceptors (Lipinski definition) is 1. The molecule has 1 aliphatic carbocycles. The fourth-order valence-electron chi connectivity index (χ4n) is 5.61. The Balaban J connectivity index is 1.69. The Kier molecular flexibility index (Phi) is 4.52. The lowest BCUT2D eigenvalue weighted by Crippen LogP contribution is -2.30. The number of hydrogen-bond donors (Lipinski definition) is 0. The molecule has 1 nitrogen and oxygen atoms in total. The van der Waals surface area contributed by atoms with Gasteiger partial charge in [-0.3, -0.25) is 0 Å². The predicted octanol–water partition coefficient (Wildman–Crippen LogP) is 8.68. The maximum atomic E-state index is 2.30. The van der Waals surface area contributed by atoms with E-state index in [1.165, 1.54) is 70.7 Å². The number of thiophene rings is 1. The highest BCUT2D eigenvalue weighted by molar-refractivity contribution is 7.23. The maximum Gasteiger partial charge on any atom is 0.230 e. The molecule has 0 fully saturated rings. The Morgan fingerprint density at radius 1 is 0.543 bits per heavy atom. The van der Waals surface area contributed by atoms with E-state index in [1.807, 2.05) is 11.3 Å². The second-order valence-corrected chi connectivity index (χ2v) is 10.3. The van der Waals surface area contributed by atoms with Gasteiger partial charge in [-0.2, -0.15) is 4.57 Å². The summed E-state index contributed by atoms with van der Waals surface area (Å²) in [7, 11) is 2.16. The Hall–Kier alpha value is -4.01. The highest BCUT2D eigenvalue weighted by Gasteiger charge is 2.28. The minimum absolute atomic E-state index is 1.28. The SMILES string of the molecule is Cc1ccccc1-c1c2sc3c(c2cc[n+]1C)-c1ccccc1-c1ccccc1-c1ccccc1-3. The fraction of sp³-hybridized carbons (Fsp3) is 0.0606. The highest BCUT2D eigenvalue weighted by Crippen LogP contribution is 2.53. The first-order valence-corrected chi connectivity index (χ1v) is 12.8. The smallest absolute Gasteiger partial charge is 0.200 e. The first-order valence-electron chi connectivity index (χ1n) is 12.0. The lowest BCUT2D eigenvalue weighted by molar-refractivity contribution is -0.659. The van der Waals surface area contributed by atoms with Crippen molar-refractivity contribution in [3.63, 3.8) is 0 Å². The van der Waals surface area contributed by atoms with E-state index < -0.39 is 0 Å². The van der Waals surface area contributed by atoms with E-state index in [4.69, 9.17) is 0 Å². The average Bonchev–Trinajstić information content (AvgIpc) is 3.27. The van der Waals surface area contributed by atoms with Gasteiger partial charge in [0.1, 0.15) is 11.7 Å². The number of pyridine rings is 1. The van der Waals surface area contributed by atoms with E-state index in [-0.39, 0.29) is 0 Å². The van der Waals surface area contributed by atoms with Crippen LogP contribution in [0.4, 0.5) is 0 Å². The number of nitrogens with zero attached hydrogens (tertiary/aromatic N) is 1. The van der Waals surface area contributed by atoms with Crippen molar-refractivity contribution in [2.24, 2.45) is 7.05 Å². The lowest BCUT2D eigenvalue weighted by atomic mass is 9.83. The standard InChI is InChI=1S/C33H24NS/c1-21-11-3-4-12-22(21)31-33-29(19-20-34(31)2)30-27-17-9-7-15-25(27)23-13-5-6-14-24(23)26-16-8-10-18-28(26)32(30)35-33/h3-20H,1-2H3/q+1. The molecule has 0 radical (unpaired) electrons. The second-order valence-electron chi connectivity index (χ2n) is 9.28. The van der Waals surface area contributed by atoms with Crippen LogP contribution in [0.2, 0.25) is 0 Å². The van der Waals surface area contributed by atoms with Gasteiger partial charge in [-0.05, 0) is 46.4 Å². The summed E-state index contributed by atoms with van der Waals surface area (Å²) < 4.78 is 3.62. The maximum absolute atomic E-state index is 2.30. The largest absolute Gasteiger partial charge is 0.230 e. The van der Waals surface area contributed by atoms with Crippen LogP contribution in [0.3, 0.4) is 0 Å². The molecular weight excluding hydrogens is 442 g/mol. The van der Waals surface area contributed by atoms with Crippen LogP contribution in [0.5, 0.6) is 0 Å². The summed E-state index contributed by atoms with van der Waals surface area (Å²) in [5, 5.41) is 1.32. The highest BCUT2D eigenvalue weighted by atomic mass is 32.1. The summed E-state index contributed by atoms with van der Waals surface area (Å²) in [5.74, 6) is 0. The lowest BCUT2D eigenvalue weighted by Gasteiger charge is -2.20. The third-order valence-corrected chi connectivity index (χ3v) is 8.50. The molecule has 2 heterocycles. The monoisotopic (exact) mass is 466 g/mol. The number of benzene rings is 4. The number of aromatic nitrogens is 1. The summed E-state index contributed by atoms with van der Waals surface area (Å²) >= 11 is 1.93. The van der Waals surface area contributed by atoms with Gasteiger partial charge in [0.05, 0.1) is 5.56 Å².